The first-order valence-electron chi connectivity index (χ1n) is 8.83. The summed E-state index contributed by atoms with van der Waals surface area (Å²) >= 11 is 11.1. The van der Waals surface area contributed by atoms with Crippen LogP contribution in [0.1, 0.15) is 17.5 Å². The van der Waals surface area contributed by atoms with E-state index in [2.05, 4.69) is 42.8 Å². The predicted molar refractivity (Wildman–Crippen MR) is 123 cm³/mol. The normalized spacial score (nSPS) is 10.6. The van der Waals surface area contributed by atoms with Gasteiger partial charge in [-0.25, -0.2) is 4.68 Å². The fourth-order valence-corrected chi connectivity index (χ4v) is 3.82. The van der Waals surface area contributed by atoms with E-state index in [-0.39, 0.29) is 12.4 Å². The molecule has 0 aliphatic heterocycles. The minimum Gasteiger partial charge on any atom is -0.489 e. The molecule has 1 N–H and O–H groups in total. The lowest BCUT2D eigenvalue weighted by molar-refractivity contribution is 0.302. The van der Waals surface area contributed by atoms with Crippen molar-refractivity contribution in [2.24, 2.45) is 7.05 Å². The molecule has 0 amide bonds. The predicted octanol–water partition coefficient (Wildman–Crippen LogP) is 4.90. The first-order chi connectivity index (χ1) is 13.6. The van der Waals surface area contributed by atoms with E-state index < -0.39 is 0 Å². The monoisotopic (exact) mass is 517 g/mol. The van der Waals surface area contributed by atoms with Crippen molar-refractivity contribution in [3.63, 3.8) is 0 Å². The largest absolute Gasteiger partial charge is 0.489 e. The summed E-state index contributed by atoms with van der Waals surface area (Å²) < 4.78 is 8.75. The number of thioether (sulfide) groups is 1. The molecule has 0 saturated carbocycles. The van der Waals surface area contributed by atoms with E-state index in [1.165, 1.54) is 0 Å². The average molecular weight is 519 g/mol. The highest BCUT2D eigenvalue weighted by molar-refractivity contribution is 9.10. The molecule has 10 heteroatoms. The van der Waals surface area contributed by atoms with Gasteiger partial charge in [-0.2, -0.15) is 0 Å². The van der Waals surface area contributed by atoms with Gasteiger partial charge in [0.15, 0.2) is 0 Å². The Morgan fingerprint density at radius 1 is 1.21 bits per heavy atom. The number of aromatic nitrogens is 4. The lowest BCUT2D eigenvalue weighted by atomic mass is 10.2. The summed E-state index contributed by atoms with van der Waals surface area (Å²) in [4.78, 5) is 0. The van der Waals surface area contributed by atoms with Gasteiger partial charge in [0.2, 0.25) is 5.16 Å². The maximum absolute atomic E-state index is 6.03. The lowest BCUT2D eigenvalue weighted by Crippen LogP contribution is -2.16. The fourth-order valence-electron chi connectivity index (χ4n) is 2.50. The van der Waals surface area contributed by atoms with Crippen molar-refractivity contribution in [2.45, 2.75) is 24.7 Å². The molecule has 6 nitrogen and oxygen atoms in total. The Morgan fingerprint density at radius 3 is 2.72 bits per heavy atom. The van der Waals surface area contributed by atoms with Crippen molar-refractivity contribution in [1.82, 2.24) is 25.5 Å². The number of benzene rings is 2. The second kappa shape index (κ2) is 12.4. The topological polar surface area (TPSA) is 64.9 Å². The van der Waals surface area contributed by atoms with Crippen LogP contribution in [-0.2, 0) is 20.2 Å². The number of hydrogen-bond acceptors (Lipinski definition) is 6. The molecule has 0 unspecified atom stereocenters. The van der Waals surface area contributed by atoms with Gasteiger partial charge in [-0.15, -0.1) is 17.5 Å². The van der Waals surface area contributed by atoms with Gasteiger partial charge in [-0.3, -0.25) is 0 Å². The molecule has 0 spiro atoms. The Hall–Kier alpha value is -1.32. The second-order valence-corrected chi connectivity index (χ2v) is 8.55. The summed E-state index contributed by atoms with van der Waals surface area (Å²) in [7, 11) is 1.85. The van der Waals surface area contributed by atoms with Gasteiger partial charge in [0.05, 0.1) is 0 Å². The van der Waals surface area contributed by atoms with Crippen molar-refractivity contribution in [2.75, 3.05) is 12.3 Å². The number of tetrazole rings is 1. The lowest BCUT2D eigenvalue weighted by Gasteiger charge is -2.13. The third-order valence-electron chi connectivity index (χ3n) is 3.96. The van der Waals surface area contributed by atoms with Gasteiger partial charge in [0.25, 0.3) is 0 Å². The highest BCUT2D eigenvalue weighted by Crippen LogP contribution is 2.24. The highest BCUT2D eigenvalue weighted by atomic mass is 79.9. The van der Waals surface area contributed by atoms with Gasteiger partial charge in [-0.05, 0) is 59.3 Å². The smallest absolute Gasteiger partial charge is 0.209 e. The number of halogens is 3. The molecule has 0 saturated heterocycles. The molecular formula is C19H22BrCl2N5OS. The minimum atomic E-state index is 0. The van der Waals surface area contributed by atoms with Crippen molar-refractivity contribution >= 4 is 51.7 Å². The van der Waals surface area contributed by atoms with E-state index >= 15 is 0 Å². The van der Waals surface area contributed by atoms with Gasteiger partial charge < -0.3 is 10.1 Å². The first kappa shape index (κ1) is 24.0. The van der Waals surface area contributed by atoms with Crippen LogP contribution < -0.4 is 10.1 Å². The van der Waals surface area contributed by atoms with E-state index in [0.29, 0.717) is 6.61 Å². The summed E-state index contributed by atoms with van der Waals surface area (Å²) in [5, 5.41) is 16.5. The highest BCUT2D eigenvalue weighted by Gasteiger charge is 2.06. The molecule has 156 valence electrons. The van der Waals surface area contributed by atoms with E-state index in [1.807, 2.05) is 43.4 Å². The first-order valence-corrected chi connectivity index (χ1v) is 11.0. The number of aryl methyl sites for hydroxylation is 1. The SMILES string of the molecule is Cl.Cn1nnnc1SCCCNCc1cc(Br)ccc1OCc1ccc(Cl)cc1. The van der Waals surface area contributed by atoms with Crippen LogP contribution in [-0.4, -0.2) is 32.5 Å². The van der Waals surface area contributed by atoms with Crippen LogP contribution in [0.4, 0.5) is 0 Å². The van der Waals surface area contributed by atoms with Crippen LogP contribution in [0.5, 0.6) is 5.75 Å². The summed E-state index contributed by atoms with van der Waals surface area (Å²) in [6.07, 6.45) is 1.02. The van der Waals surface area contributed by atoms with Crippen LogP contribution in [0.3, 0.4) is 0 Å². The summed E-state index contributed by atoms with van der Waals surface area (Å²) in [5.74, 6) is 1.84. The number of hydrogen-bond donors (Lipinski definition) is 1. The zero-order valence-corrected chi connectivity index (χ0v) is 19.8. The van der Waals surface area contributed by atoms with E-state index in [4.69, 9.17) is 16.3 Å². The molecule has 29 heavy (non-hydrogen) atoms. The Balaban J connectivity index is 0.00000300. The number of nitrogens with one attached hydrogen (secondary N) is 1. The molecule has 1 aromatic heterocycles. The molecule has 0 bridgehead atoms. The zero-order chi connectivity index (χ0) is 19.8. The third-order valence-corrected chi connectivity index (χ3v) is 5.80. The van der Waals surface area contributed by atoms with E-state index in [0.717, 1.165) is 56.8 Å². The molecule has 2 aromatic carbocycles. The molecular weight excluding hydrogens is 497 g/mol. The van der Waals surface area contributed by atoms with Gasteiger partial charge in [-0.1, -0.05) is 51.4 Å². The van der Waals surface area contributed by atoms with Gasteiger partial charge >= 0.3 is 0 Å². The zero-order valence-electron chi connectivity index (χ0n) is 15.8. The number of nitrogens with zero attached hydrogens (tertiary/aromatic N) is 4. The number of ether oxygens (including phenoxy) is 1. The van der Waals surface area contributed by atoms with Crippen molar-refractivity contribution in [1.29, 1.82) is 0 Å². The maximum Gasteiger partial charge on any atom is 0.209 e. The maximum atomic E-state index is 6.03. The Bertz CT molecular complexity index is 895. The summed E-state index contributed by atoms with van der Waals surface area (Å²) in [6.45, 7) is 2.15. The Labute approximate surface area is 194 Å². The van der Waals surface area contributed by atoms with Gasteiger partial charge in [0.1, 0.15) is 12.4 Å². The second-order valence-electron chi connectivity index (χ2n) is 6.13. The van der Waals surface area contributed by atoms with Crippen molar-refractivity contribution in [3.05, 3.63) is 63.1 Å². The Morgan fingerprint density at radius 2 is 2.00 bits per heavy atom. The third kappa shape index (κ3) is 7.79. The van der Waals surface area contributed by atoms with E-state index in [9.17, 15) is 0 Å². The average Bonchev–Trinajstić information content (AvgIpc) is 3.10. The molecule has 0 atom stereocenters. The molecule has 3 rings (SSSR count). The van der Waals surface area contributed by atoms with Gasteiger partial charge in [0, 0.05) is 34.4 Å². The minimum absolute atomic E-state index is 0. The van der Waals surface area contributed by atoms with Crippen LogP contribution in [0, 0.1) is 0 Å². The molecule has 0 radical (unpaired) electrons. The van der Waals surface area contributed by atoms with Crippen LogP contribution in [0.25, 0.3) is 0 Å². The molecule has 1 heterocycles. The summed E-state index contributed by atoms with van der Waals surface area (Å²) in [6, 6.07) is 13.8. The Kier molecular flexibility index (Phi) is 10.2. The summed E-state index contributed by atoms with van der Waals surface area (Å²) in [5.41, 5.74) is 2.20. The van der Waals surface area contributed by atoms with Crippen LogP contribution in [0.2, 0.25) is 5.02 Å². The molecule has 0 aliphatic carbocycles. The van der Waals surface area contributed by atoms with Crippen LogP contribution in [0.15, 0.2) is 52.1 Å². The number of rotatable bonds is 10. The molecule has 0 fully saturated rings. The fraction of sp³-hybridized carbons (Fsp3) is 0.316. The van der Waals surface area contributed by atoms with Crippen LogP contribution >= 0.6 is 51.7 Å². The van der Waals surface area contributed by atoms with Crippen molar-refractivity contribution < 1.29 is 4.74 Å². The standard InChI is InChI=1S/C19H21BrClN5OS.ClH/c1-26-19(23-24-25-26)28-10-2-9-22-12-15-11-16(20)5-8-18(15)27-13-14-3-6-17(21)7-4-14;/h3-8,11,22H,2,9-10,12-13H2,1H3;1H. The van der Waals surface area contributed by atoms with E-state index in [1.54, 1.807) is 16.4 Å². The molecule has 3 aromatic rings. The van der Waals surface area contributed by atoms with Crippen molar-refractivity contribution in [3.8, 4) is 5.75 Å². The molecule has 0 aliphatic rings. The quantitative estimate of drug-likeness (QED) is 0.304.